The van der Waals surface area contributed by atoms with Crippen molar-refractivity contribution in [1.82, 2.24) is 10.0 Å². The first kappa shape index (κ1) is 18.4. The molecule has 0 saturated heterocycles. The minimum atomic E-state index is -3.68. The predicted molar refractivity (Wildman–Crippen MR) is 88.2 cm³/mol. The van der Waals surface area contributed by atoms with Gasteiger partial charge in [0.25, 0.3) is 5.91 Å². The van der Waals surface area contributed by atoms with E-state index in [1.807, 2.05) is 0 Å². The summed E-state index contributed by atoms with van der Waals surface area (Å²) in [6.07, 6.45) is 2.25. The first-order chi connectivity index (χ1) is 11.2. The van der Waals surface area contributed by atoms with Gasteiger partial charge in [-0.05, 0) is 50.3 Å². The van der Waals surface area contributed by atoms with Gasteiger partial charge in [-0.15, -0.1) is 0 Å². The molecule has 1 saturated carbocycles. The van der Waals surface area contributed by atoms with Crippen LogP contribution >= 0.6 is 0 Å². The lowest BCUT2D eigenvalue weighted by Gasteiger charge is -2.24. The molecule has 3 N–H and O–H groups in total. The number of nitrogens with one attached hydrogen (secondary N) is 2. The average molecular weight is 354 g/mol. The SMILES string of the molecule is CCC(C)(NC(=O)c1cccc(S(=O)(=O)NCC2CC2)c1)C(=O)O. The molecule has 1 aliphatic rings. The highest BCUT2D eigenvalue weighted by molar-refractivity contribution is 7.89. The summed E-state index contributed by atoms with van der Waals surface area (Å²) < 4.78 is 27.0. The molecule has 8 heteroatoms. The largest absolute Gasteiger partial charge is 0.480 e. The van der Waals surface area contributed by atoms with Gasteiger partial charge in [0.05, 0.1) is 4.90 Å². The zero-order chi connectivity index (χ0) is 18.0. The molecule has 1 aromatic rings. The Labute approximate surface area is 141 Å². The summed E-state index contributed by atoms with van der Waals surface area (Å²) in [5.41, 5.74) is -1.30. The lowest BCUT2D eigenvalue weighted by Crippen LogP contribution is -2.51. The Hall–Kier alpha value is -1.93. The van der Waals surface area contributed by atoms with Gasteiger partial charge in [-0.1, -0.05) is 13.0 Å². The van der Waals surface area contributed by atoms with Crippen LogP contribution in [0.3, 0.4) is 0 Å². The predicted octanol–water partition coefficient (Wildman–Crippen LogP) is 1.36. The molecule has 1 aliphatic carbocycles. The fourth-order valence-corrected chi connectivity index (χ4v) is 3.21. The molecule has 0 radical (unpaired) electrons. The zero-order valence-corrected chi connectivity index (χ0v) is 14.5. The maximum Gasteiger partial charge on any atom is 0.329 e. The van der Waals surface area contributed by atoms with E-state index < -0.39 is 27.4 Å². The third kappa shape index (κ3) is 4.33. The topological polar surface area (TPSA) is 113 Å². The number of carbonyl (C=O) groups is 2. The van der Waals surface area contributed by atoms with Gasteiger partial charge in [-0.2, -0.15) is 0 Å². The number of carbonyl (C=O) groups excluding carboxylic acids is 1. The van der Waals surface area contributed by atoms with Crippen molar-refractivity contribution < 1.29 is 23.1 Å². The Morgan fingerprint density at radius 3 is 2.54 bits per heavy atom. The van der Waals surface area contributed by atoms with E-state index in [4.69, 9.17) is 0 Å². The molecule has 1 amide bonds. The fourth-order valence-electron chi connectivity index (χ4n) is 2.05. The molecule has 7 nitrogen and oxygen atoms in total. The van der Waals surface area contributed by atoms with Crippen molar-refractivity contribution in [2.75, 3.05) is 6.54 Å². The maximum atomic E-state index is 12.3. The zero-order valence-electron chi connectivity index (χ0n) is 13.7. The Morgan fingerprint density at radius 1 is 1.33 bits per heavy atom. The van der Waals surface area contributed by atoms with Crippen molar-refractivity contribution in [2.45, 2.75) is 43.5 Å². The number of sulfonamides is 1. The molecular formula is C16H22N2O5S. The normalized spacial score (nSPS) is 17.1. The van der Waals surface area contributed by atoms with Crippen molar-refractivity contribution >= 4 is 21.9 Å². The van der Waals surface area contributed by atoms with Crippen molar-refractivity contribution in [3.8, 4) is 0 Å². The van der Waals surface area contributed by atoms with E-state index in [1.165, 1.54) is 31.2 Å². The molecule has 24 heavy (non-hydrogen) atoms. The lowest BCUT2D eigenvalue weighted by molar-refractivity contribution is -0.143. The number of carboxylic acid groups (broad SMARTS) is 1. The molecule has 1 unspecified atom stereocenters. The summed E-state index contributed by atoms with van der Waals surface area (Å²) >= 11 is 0. The summed E-state index contributed by atoms with van der Waals surface area (Å²) in [7, 11) is -3.68. The second-order valence-corrected chi connectivity index (χ2v) is 8.03. The highest BCUT2D eigenvalue weighted by Gasteiger charge is 2.33. The summed E-state index contributed by atoms with van der Waals surface area (Å²) in [5, 5.41) is 11.7. The van der Waals surface area contributed by atoms with Crippen LogP contribution in [0.2, 0.25) is 0 Å². The molecule has 0 bridgehead atoms. The number of amides is 1. The van der Waals surface area contributed by atoms with Crippen LogP contribution in [0.1, 0.15) is 43.5 Å². The smallest absolute Gasteiger partial charge is 0.329 e. The lowest BCUT2D eigenvalue weighted by atomic mass is 9.98. The molecule has 1 atom stereocenters. The number of hydrogen-bond acceptors (Lipinski definition) is 4. The van der Waals surface area contributed by atoms with Gasteiger partial charge in [0.1, 0.15) is 5.54 Å². The molecule has 132 valence electrons. The van der Waals surface area contributed by atoms with Crippen molar-refractivity contribution in [3.63, 3.8) is 0 Å². The maximum absolute atomic E-state index is 12.3. The van der Waals surface area contributed by atoms with E-state index in [9.17, 15) is 23.1 Å². The van der Waals surface area contributed by atoms with Gasteiger partial charge in [0.15, 0.2) is 0 Å². The summed E-state index contributed by atoms with van der Waals surface area (Å²) in [4.78, 5) is 23.6. The quantitative estimate of drug-likeness (QED) is 0.652. The van der Waals surface area contributed by atoms with Crippen molar-refractivity contribution in [1.29, 1.82) is 0 Å². The van der Waals surface area contributed by atoms with Gasteiger partial charge in [0, 0.05) is 12.1 Å². The summed E-state index contributed by atoms with van der Waals surface area (Å²) in [6, 6.07) is 5.57. The van der Waals surface area contributed by atoms with Crippen LogP contribution in [0, 0.1) is 5.92 Å². The summed E-state index contributed by atoms with van der Waals surface area (Å²) in [5.74, 6) is -1.37. The van der Waals surface area contributed by atoms with Gasteiger partial charge >= 0.3 is 5.97 Å². The number of benzene rings is 1. The third-order valence-corrected chi connectivity index (χ3v) is 5.66. The van der Waals surface area contributed by atoms with Crippen LogP contribution in [0.15, 0.2) is 29.2 Å². The van der Waals surface area contributed by atoms with E-state index in [1.54, 1.807) is 6.92 Å². The standard InChI is InChI=1S/C16H22N2O5S/c1-3-16(2,15(20)21)18-14(19)12-5-4-6-13(9-12)24(22,23)17-10-11-7-8-11/h4-6,9,11,17H,3,7-8,10H2,1-2H3,(H,18,19)(H,20,21). The van der Waals surface area contributed by atoms with E-state index in [2.05, 4.69) is 10.0 Å². The number of carboxylic acids is 1. The highest BCUT2D eigenvalue weighted by Crippen LogP contribution is 2.28. The van der Waals surface area contributed by atoms with Crippen LogP contribution < -0.4 is 10.0 Å². The number of aliphatic carboxylic acids is 1. The van der Waals surface area contributed by atoms with Crippen LogP contribution in [-0.2, 0) is 14.8 Å². The second-order valence-electron chi connectivity index (χ2n) is 6.27. The van der Waals surface area contributed by atoms with E-state index in [0.717, 1.165) is 12.8 Å². The number of hydrogen-bond donors (Lipinski definition) is 3. The molecule has 1 fully saturated rings. The van der Waals surface area contributed by atoms with Crippen molar-refractivity contribution in [3.05, 3.63) is 29.8 Å². The molecular weight excluding hydrogens is 332 g/mol. The van der Waals surface area contributed by atoms with Gasteiger partial charge in [-0.25, -0.2) is 17.9 Å². The molecule has 0 heterocycles. The van der Waals surface area contributed by atoms with Gasteiger partial charge < -0.3 is 10.4 Å². The van der Waals surface area contributed by atoms with E-state index in [0.29, 0.717) is 12.5 Å². The number of rotatable bonds is 8. The molecule has 1 aromatic carbocycles. The van der Waals surface area contributed by atoms with Crippen LogP contribution in [-0.4, -0.2) is 37.5 Å². The molecule has 0 aromatic heterocycles. The van der Waals surface area contributed by atoms with Gasteiger partial charge in [-0.3, -0.25) is 4.79 Å². The molecule has 0 spiro atoms. The van der Waals surface area contributed by atoms with Crippen LogP contribution in [0.25, 0.3) is 0 Å². The minimum Gasteiger partial charge on any atom is -0.480 e. The monoisotopic (exact) mass is 354 g/mol. The minimum absolute atomic E-state index is 0.00988. The van der Waals surface area contributed by atoms with Gasteiger partial charge in [0.2, 0.25) is 10.0 Å². The van der Waals surface area contributed by atoms with E-state index >= 15 is 0 Å². The van der Waals surface area contributed by atoms with Crippen molar-refractivity contribution in [2.24, 2.45) is 5.92 Å². The van der Waals surface area contributed by atoms with E-state index in [-0.39, 0.29) is 16.9 Å². The molecule has 0 aliphatic heterocycles. The van der Waals surface area contributed by atoms with Crippen LogP contribution in [0.4, 0.5) is 0 Å². The van der Waals surface area contributed by atoms with Crippen LogP contribution in [0.5, 0.6) is 0 Å². The first-order valence-electron chi connectivity index (χ1n) is 7.83. The Kier molecular flexibility index (Phi) is 5.29. The third-order valence-electron chi connectivity index (χ3n) is 4.23. The fraction of sp³-hybridized carbons (Fsp3) is 0.500. The molecule has 2 rings (SSSR count). The second kappa shape index (κ2) is 6.90. The Morgan fingerprint density at radius 2 is 2.00 bits per heavy atom. The first-order valence-corrected chi connectivity index (χ1v) is 9.32. The highest BCUT2D eigenvalue weighted by atomic mass is 32.2. The Bertz CT molecular complexity index is 743. The Balaban J connectivity index is 2.16. The average Bonchev–Trinajstić information content (AvgIpc) is 3.37. The summed E-state index contributed by atoms with van der Waals surface area (Å²) in [6.45, 7) is 3.45.